The van der Waals surface area contributed by atoms with Gasteiger partial charge >= 0.3 is 0 Å². The van der Waals surface area contributed by atoms with Crippen molar-refractivity contribution in [1.29, 1.82) is 0 Å². The first-order valence-corrected chi connectivity index (χ1v) is 6.74. The van der Waals surface area contributed by atoms with Gasteiger partial charge in [0.1, 0.15) is 5.82 Å². The van der Waals surface area contributed by atoms with Gasteiger partial charge in [0.25, 0.3) is 0 Å². The van der Waals surface area contributed by atoms with Crippen molar-refractivity contribution in [2.75, 3.05) is 0 Å². The van der Waals surface area contributed by atoms with E-state index in [2.05, 4.69) is 4.98 Å². The van der Waals surface area contributed by atoms with Crippen LogP contribution in [0.3, 0.4) is 0 Å². The van der Waals surface area contributed by atoms with Crippen molar-refractivity contribution in [2.24, 2.45) is 0 Å². The summed E-state index contributed by atoms with van der Waals surface area (Å²) in [4.78, 5) is 16.5. The van der Waals surface area contributed by atoms with Crippen molar-refractivity contribution in [3.8, 4) is 0 Å². The lowest BCUT2D eigenvalue weighted by molar-refractivity contribution is 0.0971. The zero-order chi connectivity index (χ0) is 14.0. The predicted octanol–water partition coefficient (Wildman–Crippen LogP) is 4.20. The third-order valence-electron chi connectivity index (χ3n) is 2.81. The highest BCUT2D eigenvalue weighted by Gasteiger charge is 2.14. The maximum Gasteiger partial charge on any atom is 0.184 e. The maximum atomic E-state index is 12.2. The fraction of sp³-hybridized carbons (Fsp3) is 0.286. The maximum absolute atomic E-state index is 12.2. The normalized spacial score (nSPS) is 11.0. The summed E-state index contributed by atoms with van der Waals surface area (Å²) < 4.78 is 1.85. The minimum absolute atomic E-state index is 0.0541. The fourth-order valence-electron chi connectivity index (χ4n) is 1.91. The van der Waals surface area contributed by atoms with Gasteiger partial charge in [-0.05, 0) is 18.2 Å². The summed E-state index contributed by atoms with van der Waals surface area (Å²) in [7, 11) is 0. The molecule has 100 valence electrons. The minimum Gasteiger partial charge on any atom is -0.327 e. The van der Waals surface area contributed by atoms with E-state index in [0.717, 1.165) is 5.82 Å². The van der Waals surface area contributed by atoms with E-state index >= 15 is 0 Å². The summed E-state index contributed by atoms with van der Waals surface area (Å²) >= 11 is 11.9. The van der Waals surface area contributed by atoms with Crippen LogP contribution >= 0.6 is 23.2 Å². The molecule has 0 unspecified atom stereocenters. The van der Waals surface area contributed by atoms with Crippen LogP contribution in [0.5, 0.6) is 0 Å². The molecule has 0 atom stereocenters. The molecule has 19 heavy (non-hydrogen) atoms. The molecule has 0 radical (unpaired) electrons. The average Bonchev–Trinajstić information content (AvgIpc) is 2.76. The number of ketones is 1. The van der Waals surface area contributed by atoms with E-state index in [0.29, 0.717) is 15.6 Å². The molecule has 0 saturated heterocycles. The summed E-state index contributed by atoms with van der Waals surface area (Å²) in [6.45, 7) is 4.31. The molecule has 0 aliphatic carbocycles. The number of hydrogen-bond acceptors (Lipinski definition) is 2. The second kappa shape index (κ2) is 5.76. The van der Waals surface area contributed by atoms with Gasteiger partial charge in [-0.3, -0.25) is 4.79 Å². The molecular formula is C14H14Cl2N2O. The van der Waals surface area contributed by atoms with Gasteiger partial charge in [0.15, 0.2) is 5.78 Å². The summed E-state index contributed by atoms with van der Waals surface area (Å²) in [6.07, 6.45) is 3.50. The molecule has 0 saturated carbocycles. The highest BCUT2D eigenvalue weighted by Crippen LogP contribution is 2.22. The number of benzene rings is 1. The van der Waals surface area contributed by atoms with Crippen molar-refractivity contribution in [1.82, 2.24) is 9.55 Å². The van der Waals surface area contributed by atoms with E-state index < -0.39 is 0 Å². The largest absolute Gasteiger partial charge is 0.327 e. The molecule has 2 rings (SSSR count). The number of halogens is 2. The molecule has 0 aliphatic rings. The second-order valence-corrected chi connectivity index (χ2v) is 5.46. The van der Waals surface area contributed by atoms with Gasteiger partial charge in [0.2, 0.25) is 0 Å². The number of carbonyl (C=O) groups is 1. The van der Waals surface area contributed by atoms with Crippen molar-refractivity contribution < 1.29 is 4.79 Å². The third kappa shape index (κ3) is 3.17. The summed E-state index contributed by atoms with van der Waals surface area (Å²) in [5.41, 5.74) is 0.481. The van der Waals surface area contributed by atoms with Gasteiger partial charge in [-0.25, -0.2) is 4.98 Å². The number of hydrogen-bond donors (Lipinski definition) is 0. The van der Waals surface area contributed by atoms with Crippen LogP contribution in [-0.4, -0.2) is 15.3 Å². The van der Waals surface area contributed by atoms with Gasteiger partial charge < -0.3 is 4.57 Å². The Kier molecular flexibility index (Phi) is 4.27. The van der Waals surface area contributed by atoms with Gasteiger partial charge in [-0.1, -0.05) is 37.0 Å². The van der Waals surface area contributed by atoms with Crippen LogP contribution < -0.4 is 0 Å². The molecule has 1 heterocycles. The molecule has 5 heteroatoms. The lowest BCUT2D eigenvalue weighted by Crippen LogP contribution is -2.13. The standard InChI is InChI=1S/C14H14Cl2N2O/c1-9(2)14-17-5-6-18(14)8-13(19)11-4-3-10(15)7-12(11)16/h3-7,9H,8H2,1-2H3. The zero-order valence-corrected chi connectivity index (χ0v) is 12.2. The Bertz CT molecular complexity index is 605. The molecule has 1 aromatic carbocycles. The fourth-order valence-corrected chi connectivity index (χ4v) is 2.42. The SMILES string of the molecule is CC(C)c1nccn1CC(=O)c1ccc(Cl)cc1Cl. The molecule has 2 aromatic rings. The Hall–Kier alpha value is -1.32. The molecule has 0 bridgehead atoms. The number of nitrogens with zero attached hydrogens (tertiary/aromatic N) is 2. The molecule has 0 amide bonds. The lowest BCUT2D eigenvalue weighted by atomic mass is 10.1. The number of Topliss-reactive ketones (excluding diaryl/α,β-unsaturated/α-hetero) is 1. The van der Waals surface area contributed by atoms with Crippen LogP contribution in [0.1, 0.15) is 35.9 Å². The van der Waals surface area contributed by atoms with Crippen LogP contribution in [0.4, 0.5) is 0 Å². The minimum atomic E-state index is -0.0541. The Morgan fingerprint density at radius 3 is 2.74 bits per heavy atom. The Labute approximate surface area is 122 Å². The van der Waals surface area contributed by atoms with Crippen LogP contribution in [0, 0.1) is 0 Å². The molecule has 3 nitrogen and oxygen atoms in total. The Morgan fingerprint density at radius 2 is 2.11 bits per heavy atom. The third-order valence-corrected chi connectivity index (χ3v) is 3.36. The smallest absolute Gasteiger partial charge is 0.184 e. The van der Waals surface area contributed by atoms with Gasteiger partial charge in [-0.2, -0.15) is 0 Å². The van der Waals surface area contributed by atoms with E-state index in [-0.39, 0.29) is 18.2 Å². The van der Waals surface area contributed by atoms with Crippen molar-refractivity contribution >= 4 is 29.0 Å². The topological polar surface area (TPSA) is 34.9 Å². The van der Waals surface area contributed by atoms with Crippen LogP contribution in [0.15, 0.2) is 30.6 Å². The number of aromatic nitrogens is 2. The van der Waals surface area contributed by atoms with Crippen LogP contribution in [0.25, 0.3) is 0 Å². The average molecular weight is 297 g/mol. The molecule has 0 aliphatic heterocycles. The van der Waals surface area contributed by atoms with E-state index in [1.807, 2.05) is 18.4 Å². The molecule has 0 spiro atoms. The zero-order valence-electron chi connectivity index (χ0n) is 10.7. The van der Waals surface area contributed by atoms with Gasteiger partial charge in [0.05, 0.1) is 11.6 Å². The first-order valence-electron chi connectivity index (χ1n) is 5.98. The summed E-state index contributed by atoms with van der Waals surface area (Å²) in [6, 6.07) is 4.89. The number of imidazole rings is 1. The molecular weight excluding hydrogens is 283 g/mol. The second-order valence-electron chi connectivity index (χ2n) is 4.62. The highest BCUT2D eigenvalue weighted by atomic mass is 35.5. The monoisotopic (exact) mass is 296 g/mol. The van der Waals surface area contributed by atoms with Crippen LogP contribution in [-0.2, 0) is 6.54 Å². The Balaban J connectivity index is 2.23. The predicted molar refractivity (Wildman–Crippen MR) is 77.1 cm³/mol. The van der Waals surface area contributed by atoms with E-state index in [1.54, 1.807) is 30.6 Å². The van der Waals surface area contributed by atoms with Crippen molar-refractivity contribution in [2.45, 2.75) is 26.3 Å². The summed E-state index contributed by atoms with van der Waals surface area (Å²) in [5.74, 6) is 1.10. The molecule has 0 fully saturated rings. The van der Waals surface area contributed by atoms with Crippen molar-refractivity contribution in [3.63, 3.8) is 0 Å². The quantitative estimate of drug-likeness (QED) is 0.793. The van der Waals surface area contributed by atoms with E-state index in [1.165, 1.54) is 0 Å². The molecule has 1 aromatic heterocycles. The van der Waals surface area contributed by atoms with Crippen molar-refractivity contribution in [3.05, 3.63) is 52.0 Å². The first-order chi connectivity index (χ1) is 8.99. The van der Waals surface area contributed by atoms with Crippen LogP contribution in [0.2, 0.25) is 10.0 Å². The highest BCUT2D eigenvalue weighted by molar-refractivity contribution is 6.36. The van der Waals surface area contributed by atoms with E-state index in [9.17, 15) is 4.79 Å². The van der Waals surface area contributed by atoms with Gasteiger partial charge in [0, 0.05) is 28.9 Å². The number of rotatable bonds is 4. The first kappa shape index (κ1) is 14.1. The molecule has 0 N–H and O–H groups in total. The summed E-state index contributed by atoms with van der Waals surface area (Å²) in [5, 5.41) is 0.899. The van der Waals surface area contributed by atoms with Gasteiger partial charge in [-0.15, -0.1) is 0 Å². The van der Waals surface area contributed by atoms with E-state index in [4.69, 9.17) is 23.2 Å². The lowest BCUT2D eigenvalue weighted by Gasteiger charge is -2.10. The number of carbonyl (C=O) groups excluding carboxylic acids is 1. The Morgan fingerprint density at radius 1 is 1.37 bits per heavy atom.